The Morgan fingerprint density at radius 3 is 2.11 bits per heavy atom. The second-order valence-corrected chi connectivity index (χ2v) is 7.30. The van der Waals surface area contributed by atoms with Crippen molar-refractivity contribution in [2.75, 3.05) is 0 Å². The first-order valence-electron chi connectivity index (χ1n) is 10.3. The maximum atomic E-state index is 12.7. The third kappa shape index (κ3) is 7.99. The van der Waals surface area contributed by atoms with Crippen molar-refractivity contribution in [1.82, 2.24) is 0 Å². The van der Waals surface area contributed by atoms with Gasteiger partial charge in [-0.3, -0.25) is 9.59 Å². The van der Waals surface area contributed by atoms with Gasteiger partial charge in [0.05, 0.1) is 0 Å². The van der Waals surface area contributed by atoms with Crippen LogP contribution in [0.15, 0.2) is 60.7 Å². The van der Waals surface area contributed by atoms with Gasteiger partial charge in [-0.15, -0.1) is 0 Å². The van der Waals surface area contributed by atoms with E-state index in [0.717, 1.165) is 49.5 Å². The molecule has 0 saturated carbocycles. The van der Waals surface area contributed by atoms with Crippen LogP contribution in [-0.2, 0) is 9.59 Å². The molecule has 1 atom stereocenters. The van der Waals surface area contributed by atoms with Crippen molar-refractivity contribution in [2.24, 2.45) is 0 Å². The quantitative estimate of drug-likeness (QED) is 0.232. The highest BCUT2D eigenvalue weighted by molar-refractivity contribution is 5.96. The Bertz CT molecular complexity index is 722. The predicted octanol–water partition coefficient (Wildman–Crippen LogP) is 5.93. The molecule has 148 valence electrons. The van der Waals surface area contributed by atoms with Crippen LogP contribution in [0, 0.1) is 0 Å². The molecule has 2 aromatic carbocycles. The van der Waals surface area contributed by atoms with Crippen LogP contribution in [-0.4, -0.2) is 17.9 Å². The highest BCUT2D eigenvalue weighted by Crippen LogP contribution is 2.27. The molecule has 0 fully saturated rings. The van der Waals surface area contributed by atoms with Gasteiger partial charge < -0.3 is 4.79 Å². The van der Waals surface area contributed by atoms with Crippen molar-refractivity contribution in [3.8, 4) is 0 Å². The third-order valence-corrected chi connectivity index (χ3v) is 5.08. The van der Waals surface area contributed by atoms with Gasteiger partial charge in [0.15, 0.2) is 5.78 Å². The number of rotatable bonds is 14. The van der Waals surface area contributed by atoms with Crippen molar-refractivity contribution in [3.63, 3.8) is 0 Å². The molecule has 28 heavy (non-hydrogen) atoms. The highest BCUT2D eigenvalue weighted by Gasteiger charge is 2.17. The molecule has 0 bridgehead atoms. The minimum atomic E-state index is 0.134. The number of hydrogen-bond acceptors (Lipinski definition) is 3. The molecule has 0 aliphatic carbocycles. The summed E-state index contributed by atoms with van der Waals surface area (Å²) in [5.41, 5.74) is 1.91. The van der Waals surface area contributed by atoms with Crippen molar-refractivity contribution in [2.45, 2.75) is 63.7 Å². The molecule has 1 unspecified atom stereocenters. The van der Waals surface area contributed by atoms with E-state index in [2.05, 4.69) is 12.1 Å². The lowest BCUT2D eigenvalue weighted by Crippen LogP contribution is -2.09. The number of carbonyl (C=O) groups excluding carboxylic acids is 3. The molecule has 0 spiro atoms. The summed E-state index contributed by atoms with van der Waals surface area (Å²) in [5, 5.41) is 0. The molecule has 0 radical (unpaired) electrons. The van der Waals surface area contributed by atoms with E-state index < -0.39 is 0 Å². The Balaban J connectivity index is 1.84. The summed E-state index contributed by atoms with van der Waals surface area (Å²) >= 11 is 0. The molecule has 0 aromatic heterocycles. The van der Waals surface area contributed by atoms with Gasteiger partial charge in [-0.1, -0.05) is 67.1 Å². The highest BCUT2D eigenvalue weighted by atomic mass is 16.1. The standard InChI is InChI=1S/C25H30O3/c26-19-10-2-1-9-17-24(27)18-11-16-23(21-12-5-3-6-13-21)20-25(28)22-14-7-4-8-15-22/h3-8,12-15,19,23H,1-2,9-11,16-18,20H2. The summed E-state index contributed by atoms with van der Waals surface area (Å²) in [6, 6.07) is 19.5. The summed E-state index contributed by atoms with van der Waals surface area (Å²) in [7, 11) is 0. The Morgan fingerprint density at radius 1 is 0.786 bits per heavy atom. The Hall–Kier alpha value is -2.55. The summed E-state index contributed by atoms with van der Waals surface area (Å²) < 4.78 is 0. The van der Waals surface area contributed by atoms with E-state index in [9.17, 15) is 14.4 Å². The number of unbranched alkanes of at least 4 members (excludes halogenated alkanes) is 3. The SMILES string of the molecule is O=CCCCCCC(=O)CCCC(CC(=O)c1ccccc1)c1ccccc1. The molecule has 0 heterocycles. The molecule has 2 rings (SSSR count). The summed E-state index contributed by atoms with van der Waals surface area (Å²) in [5.74, 6) is 0.567. The molecule has 3 nitrogen and oxygen atoms in total. The number of Topliss-reactive ketones (excluding diaryl/α,β-unsaturated/α-hetero) is 2. The molecule has 0 N–H and O–H groups in total. The van der Waals surface area contributed by atoms with Crippen molar-refractivity contribution in [1.29, 1.82) is 0 Å². The Kier molecular flexibility index (Phi) is 9.92. The smallest absolute Gasteiger partial charge is 0.163 e. The van der Waals surface area contributed by atoms with Crippen molar-refractivity contribution in [3.05, 3.63) is 71.8 Å². The lowest BCUT2D eigenvalue weighted by atomic mass is 9.87. The van der Waals surface area contributed by atoms with E-state index in [1.807, 2.05) is 48.5 Å². The van der Waals surface area contributed by atoms with E-state index >= 15 is 0 Å². The van der Waals surface area contributed by atoms with Crippen LogP contribution in [0.3, 0.4) is 0 Å². The fraction of sp³-hybridized carbons (Fsp3) is 0.400. The van der Waals surface area contributed by atoms with Crippen LogP contribution >= 0.6 is 0 Å². The van der Waals surface area contributed by atoms with Gasteiger partial charge >= 0.3 is 0 Å². The van der Waals surface area contributed by atoms with Crippen LogP contribution < -0.4 is 0 Å². The Morgan fingerprint density at radius 2 is 1.43 bits per heavy atom. The monoisotopic (exact) mass is 378 g/mol. The average molecular weight is 379 g/mol. The van der Waals surface area contributed by atoms with Crippen LogP contribution in [0.5, 0.6) is 0 Å². The van der Waals surface area contributed by atoms with Gasteiger partial charge in [0.2, 0.25) is 0 Å². The van der Waals surface area contributed by atoms with E-state index in [1.54, 1.807) is 0 Å². The van der Waals surface area contributed by atoms with Crippen LogP contribution in [0.4, 0.5) is 0 Å². The van der Waals surface area contributed by atoms with Gasteiger partial charge in [-0.25, -0.2) is 0 Å². The summed E-state index contributed by atoms with van der Waals surface area (Å²) in [6.45, 7) is 0. The van der Waals surface area contributed by atoms with E-state index in [1.165, 1.54) is 0 Å². The number of aldehydes is 1. The fourth-order valence-corrected chi connectivity index (χ4v) is 3.47. The average Bonchev–Trinajstić information content (AvgIpc) is 2.74. The number of ketones is 2. The van der Waals surface area contributed by atoms with Gasteiger partial charge in [0.1, 0.15) is 12.1 Å². The lowest BCUT2D eigenvalue weighted by molar-refractivity contribution is -0.119. The molecule has 3 heteroatoms. The number of hydrogen-bond donors (Lipinski definition) is 0. The second kappa shape index (κ2) is 12.8. The second-order valence-electron chi connectivity index (χ2n) is 7.30. The molecule has 0 aliphatic heterocycles. The van der Waals surface area contributed by atoms with Crippen LogP contribution in [0.1, 0.15) is 79.6 Å². The molecule has 0 aliphatic rings. The number of carbonyl (C=O) groups is 3. The lowest BCUT2D eigenvalue weighted by Gasteiger charge is -2.17. The molecular weight excluding hydrogens is 348 g/mol. The van der Waals surface area contributed by atoms with Crippen LogP contribution in [0.2, 0.25) is 0 Å². The zero-order chi connectivity index (χ0) is 20.0. The topological polar surface area (TPSA) is 51.2 Å². The number of benzene rings is 2. The normalized spacial score (nSPS) is 11.7. The third-order valence-electron chi connectivity index (χ3n) is 5.08. The molecule has 2 aromatic rings. The first-order chi connectivity index (χ1) is 13.7. The minimum Gasteiger partial charge on any atom is -0.303 e. The summed E-state index contributed by atoms with van der Waals surface area (Å²) in [6.07, 6.45) is 7.44. The predicted molar refractivity (Wildman–Crippen MR) is 113 cm³/mol. The Labute approximate surface area is 168 Å². The first kappa shape index (κ1) is 21.7. The zero-order valence-corrected chi connectivity index (χ0v) is 16.5. The maximum Gasteiger partial charge on any atom is 0.163 e. The van der Waals surface area contributed by atoms with Gasteiger partial charge in [0.25, 0.3) is 0 Å². The van der Waals surface area contributed by atoms with E-state index in [4.69, 9.17) is 0 Å². The molecule has 0 amide bonds. The maximum absolute atomic E-state index is 12.7. The molecular formula is C25H30O3. The first-order valence-corrected chi connectivity index (χ1v) is 10.3. The molecule has 0 saturated heterocycles. The largest absolute Gasteiger partial charge is 0.303 e. The summed E-state index contributed by atoms with van der Waals surface area (Å²) in [4.78, 5) is 35.1. The fourth-order valence-electron chi connectivity index (χ4n) is 3.47. The van der Waals surface area contributed by atoms with E-state index in [0.29, 0.717) is 25.7 Å². The zero-order valence-electron chi connectivity index (χ0n) is 16.5. The van der Waals surface area contributed by atoms with Crippen molar-refractivity contribution < 1.29 is 14.4 Å². The van der Waals surface area contributed by atoms with Crippen molar-refractivity contribution >= 4 is 17.9 Å². The van der Waals surface area contributed by atoms with Gasteiger partial charge in [-0.05, 0) is 37.2 Å². The minimum absolute atomic E-state index is 0.134. The van der Waals surface area contributed by atoms with E-state index in [-0.39, 0.29) is 17.5 Å². The van der Waals surface area contributed by atoms with Crippen LogP contribution in [0.25, 0.3) is 0 Å². The van der Waals surface area contributed by atoms with Gasteiger partial charge in [0, 0.05) is 31.2 Å². The van der Waals surface area contributed by atoms with Gasteiger partial charge in [-0.2, -0.15) is 0 Å².